The second kappa shape index (κ2) is 3.56. The van der Waals surface area contributed by atoms with Crippen molar-refractivity contribution in [2.45, 2.75) is 6.42 Å². The highest BCUT2D eigenvalue weighted by atomic mass is 16.5. The third kappa shape index (κ3) is 1.86. The zero-order valence-electron chi connectivity index (χ0n) is 7.25. The summed E-state index contributed by atoms with van der Waals surface area (Å²) in [5.74, 6) is 0. The molecule has 3 heteroatoms. The van der Waals surface area contributed by atoms with Crippen LogP contribution in [0.4, 0.5) is 0 Å². The number of ether oxygens (including phenoxy) is 1. The molecule has 0 aromatic heterocycles. The van der Waals surface area contributed by atoms with Crippen LogP contribution in [0.25, 0.3) is 0 Å². The molecule has 0 amide bonds. The first-order chi connectivity index (χ1) is 5.90. The van der Waals surface area contributed by atoms with Crippen molar-refractivity contribution in [3.8, 4) is 0 Å². The van der Waals surface area contributed by atoms with E-state index in [4.69, 9.17) is 9.84 Å². The van der Waals surface area contributed by atoms with Gasteiger partial charge >= 0.3 is 0 Å². The Labute approximate surface area is 72.6 Å². The van der Waals surface area contributed by atoms with E-state index in [0.717, 1.165) is 39.3 Å². The summed E-state index contributed by atoms with van der Waals surface area (Å²) in [5.41, 5.74) is 2.70. The highest BCUT2D eigenvalue weighted by molar-refractivity contribution is 5.36. The van der Waals surface area contributed by atoms with Gasteiger partial charge in [0.2, 0.25) is 0 Å². The van der Waals surface area contributed by atoms with E-state index >= 15 is 0 Å². The molecular weight excluding hydrogens is 154 g/mol. The van der Waals surface area contributed by atoms with E-state index in [1.807, 2.05) is 0 Å². The summed E-state index contributed by atoms with van der Waals surface area (Å²) in [6.45, 7) is 5.13. The van der Waals surface area contributed by atoms with Crippen LogP contribution in [0.15, 0.2) is 11.1 Å². The Morgan fingerprint density at radius 1 is 1.25 bits per heavy atom. The summed E-state index contributed by atoms with van der Waals surface area (Å²) < 4.78 is 5.25. The summed E-state index contributed by atoms with van der Waals surface area (Å²) in [6, 6.07) is 0. The molecular formula is C9H15NO2. The zero-order valence-corrected chi connectivity index (χ0v) is 7.25. The van der Waals surface area contributed by atoms with Crippen molar-refractivity contribution in [3.63, 3.8) is 0 Å². The van der Waals surface area contributed by atoms with Crippen molar-refractivity contribution in [2.75, 3.05) is 39.5 Å². The molecule has 1 aliphatic heterocycles. The first-order valence-electron chi connectivity index (χ1n) is 4.51. The Hall–Kier alpha value is -0.380. The van der Waals surface area contributed by atoms with E-state index in [2.05, 4.69) is 4.90 Å². The lowest BCUT2D eigenvalue weighted by molar-refractivity contribution is 0.0427. The van der Waals surface area contributed by atoms with Gasteiger partial charge in [0.1, 0.15) is 0 Å². The highest BCUT2D eigenvalue weighted by Gasteiger charge is 2.23. The minimum absolute atomic E-state index is 0.264. The van der Waals surface area contributed by atoms with Gasteiger partial charge < -0.3 is 9.84 Å². The van der Waals surface area contributed by atoms with E-state index in [9.17, 15) is 0 Å². The van der Waals surface area contributed by atoms with Gasteiger partial charge in [-0.15, -0.1) is 0 Å². The first kappa shape index (κ1) is 8.23. The normalized spacial score (nSPS) is 24.8. The number of aliphatic hydroxyl groups is 1. The molecule has 1 aliphatic carbocycles. The van der Waals surface area contributed by atoms with Gasteiger partial charge in [-0.05, 0) is 12.0 Å². The molecule has 2 rings (SSSR count). The van der Waals surface area contributed by atoms with Crippen LogP contribution in [-0.2, 0) is 4.74 Å². The second-order valence-electron chi connectivity index (χ2n) is 3.43. The average molecular weight is 169 g/mol. The zero-order chi connectivity index (χ0) is 8.39. The van der Waals surface area contributed by atoms with Crippen LogP contribution in [0.2, 0.25) is 0 Å². The van der Waals surface area contributed by atoms with E-state index < -0.39 is 0 Å². The molecule has 1 heterocycles. The van der Waals surface area contributed by atoms with Crippen LogP contribution in [0.5, 0.6) is 0 Å². The van der Waals surface area contributed by atoms with Crippen molar-refractivity contribution in [3.05, 3.63) is 11.1 Å². The molecule has 12 heavy (non-hydrogen) atoms. The van der Waals surface area contributed by atoms with Crippen molar-refractivity contribution in [1.82, 2.24) is 4.90 Å². The summed E-state index contributed by atoms with van der Waals surface area (Å²) in [7, 11) is 0. The number of rotatable bonds is 3. The molecule has 1 saturated heterocycles. The molecule has 68 valence electrons. The highest BCUT2D eigenvalue weighted by Crippen LogP contribution is 2.30. The van der Waals surface area contributed by atoms with Gasteiger partial charge in [-0.1, -0.05) is 5.57 Å². The molecule has 0 unspecified atom stereocenters. The van der Waals surface area contributed by atoms with Crippen LogP contribution in [0, 0.1) is 0 Å². The van der Waals surface area contributed by atoms with Gasteiger partial charge in [0.05, 0.1) is 19.8 Å². The van der Waals surface area contributed by atoms with E-state index in [0.29, 0.717) is 0 Å². The molecule has 1 N–H and O–H groups in total. The largest absolute Gasteiger partial charge is 0.392 e. The molecule has 2 aliphatic rings. The Kier molecular flexibility index (Phi) is 2.44. The Balaban J connectivity index is 1.76. The van der Waals surface area contributed by atoms with Gasteiger partial charge in [-0.25, -0.2) is 0 Å². The Morgan fingerprint density at radius 2 is 2.00 bits per heavy atom. The van der Waals surface area contributed by atoms with Gasteiger partial charge in [0.25, 0.3) is 0 Å². The fourth-order valence-corrected chi connectivity index (χ4v) is 1.58. The van der Waals surface area contributed by atoms with Gasteiger partial charge in [0, 0.05) is 19.6 Å². The fourth-order valence-electron chi connectivity index (χ4n) is 1.58. The smallest absolute Gasteiger partial charge is 0.0648 e. The maximum absolute atomic E-state index is 8.80. The summed E-state index contributed by atoms with van der Waals surface area (Å²) in [6.07, 6.45) is 1.06. The lowest BCUT2D eigenvalue weighted by atomic mass is 10.3. The van der Waals surface area contributed by atoms with Crippen molar-refractivity contribution >= 4 is 0 Å². The number of hydrogen-bond acceptors (Lipinski definition) is 3. The predicted molar refractivity (Wildman–Crippen MR) is 46.0 cm³/mol. The average Bonchev–Trinajstić information content (AvgIpc) is 2.85. The maximum Gasteiger partial charge on any atom is 0.0648 e. The summed E-state index contributed by atoms with van der Waals surface area (Å²) in [4.78, 5) is 2.39. The first-order valence-corrected chi connectivity index (χ1v) is 4.51. The number of nitrogens with zero attached hydrogens (tertiary/aromatic N) is 1. The van der Waals surface area contributed by atoms with E-state index in [1.54, 1.807) is 0 Å². The SMILES string of the molecule is OCC1=C(CN2CCOCC2)C1. The van der Waals surface area contributed by atoms with Crippen molar-refractivity contribution < 1.29 is 9.84 Å². The minimum atomic E-state index is 0.264. The fraction of sp³-hybridized carbons (Fsp3) is 0.778. The standard InChI is InChI=1S/C9H15NO2/c11-7-9-5-8(9)6-10-1-3-12-4-2-10/h11H,1-7H2. The molecule has 0 aromatic carbocycles. The molecule has 0 radical (unpaired) electrons. The summed E-state index contributed by atoms with van der Waals surface area (Å²) >= 11 is 0. The molecule has 0 saturated carbocycles. The van der Waals surface area contributed by atoms with Crippen LogP contribution < -0.4 is 0 Å². The molecule has 0 spiro atoms. The quantitative estimate of drug-likeness (QED) is 0.604. The molecule has 0 bridgehead atoms. The summed E-state index contributed by atoms with van der Waals surface area (Å²) in [5, 5.41) is 8.80. The third-order valence-corrected chi connectivity index (χ3v) is 2.51. The van der Waals surface area contributed by atoms with Crippen LogP contribution >= 0.6 is 0 Å². The van der Waals surface area contributed by atoms with Crippen molar-refractivity contribution in [1.29, 1.82) is 0 Å². The van der Waals surface area contributed by atoms with Gasteiger partial charge in [-0.3, -0.25) is 4.90 Å². The lowest BCUT2D eigenvalue weighted by Crippen LogP contribution is -2.36. The molecule has 0 aromatic rings. The van der Waals surface area contributed by atoms with E-state index in [1.165, 1.54) is 11.1 Å². The Bertz CT molecular complexity index is 195. The minimum Gasteiger partial charge on any atom is -0.392 e. The van der Waals surface area contributed by atoms with Crippen LogP contribution in [0.3, 0.4) is 0 Å². The number of aliphatic hydroxyl groups excluding tert-OH is 1. The second-order valence-corrected chi connectivity index (χ2v) is 3.43. The van der Waals surface area contributed by atoms with Crippen LogP contribution in [-0.4, -0.2) is 49.5 Å². The Morgan fingerprint density at radius 3 is 2.58 bits per heavy atom. The third-order valence-electron chi connectivity index (χ3n) is 2.51. The van der Waals surface area contributed by atoms with Crippen molar-refractivity contribution in [2.24, 2.45) is 0 Å². The maximum atomic E-state index is 8.80. The number of hydrogen-bond donors (Lipinski definition) is 1. The lowest BCUT2D eigenvalue weighted by Gasteiger charge is -2.25. The molecule has 1 fully saturated rings. The monoisotopic (exact) mass is 169 g/mol. The molecule has 3 nitrogen and oxygen atoms in total. The van der Waals surface area contributed by atoms with Gasteiger partial charge in [0.15, 0.2) is 0 Å². The topological polar surface area (TPSA) is 32.7 Å². The number of morpholine rings is 1. The predicted octanol–water partition coefficient (Wildman–Crippen LogP) is 0.0112. The van der Waals surface area contributed by atoms with Crippen LogP contribution in [0.1, 0.15) is 6.42 Å². The molecule has 0 atom stereocenters. The van der Waals surface area contributed by atoms with E-state index in [-0.39, 0.29) is 6.61 Å². The van der Waals surface area contributed by atoms with Gasteiger partial charge in [-0.2, -0.15) is 0 Å².